The maximum Gasteiger partial charge on any atom is 0.254 e. The lowest BCUT2D eigenvalue weighted by Gasteiger charge is -2.36. The molecule has 0 aliphatic carbocycles. The Balaban J connectivity index is 2.18. The van der Waals surface area contributed by atoms with Crippen LogP contribution in [-0.4, -0.2) is 45.6 Å². The molecule has 1 fully saturated rings. The van der Waals surface area contributed by atoms with Gasteiger partial charge in [-0.25, -0.2) is 4.98 Å². The van der Waals surface area contributed by atoms with Gasteiger partial charge < -0.3 is 10.2 Å². The molecule has 6 heteroatoms. The average Bonchev–Trinajstić information content (AvgIpc) is 2.53. The number of nitrogens with one attached hydrogen (secondary N) is 1. The predicted octanol–water partition coefficient (Wildman–Crippen LogP) is 3.10. The number of nitrogens with zero attached hydrogens (tertiary/aromatic N) is 2. The molecule has 1 aromatic rings. The molecule has 1 saturated heterocycles. The maximum absolute atomic E-state index is 12.9. The highest BCUT2D eigenvalue weighted by Gasteiger charge is 2.34. The largest absolute Gasteiger partial charge is 0.350 e. The van der Waals surface area contributed by atoms with Gasteiger partial charge in [-0.05, 0) is 57.9 Å². The molecule has 24 heavy (non-hydrogen) atoms. The molecular formula is C18H27N3O2S. The summed E-state index contributed by atoms with van der Waals surface area (Å²) in [5, 5.41) is 3.85. The summed E-state index contributed by atoms with van der Waals surface area (Å²) in [6.07, 6.45) is 4.29. The van der Waals surface area contributed by atoms with Gasteiger partial charge >= 0.3 is 0 Å². The quantitative estimate of drug-likeness (QED) is 0.849. The number of aromatic nitrogens is 1. The number of hydrogen-bond acceptors (Lipinski definition) is 4. The van der Waals surface area contributed by atoms with Gasteiger partial charge in [0.2, 0.25) is 5.91 Å². The third-order valence-electron chi connectivity index (χ3n) is 3.84. The number of carbonyl (C=O) groups is 2. The molecule has 1 aliphatic heterocycles. The van der Waals surface area contributed by atoms with Crippen LogP contribution in [0, 0.1) is 0 Å². The van der Waals surface area contributed by atoms with E-state index in [1.54, 1.807) is 28.9 Å². The fourth-order valence-electron chi connectivity index (χ4n) is 2.84. The summed E-state index contributed by atoms with van der Waals surface area (Å²) in [4.78, 5) is 31.5. The summed E-state index contributed by atoms with van der Waals surface area (Å²) in [6, 6.07) is 3.17. The van der Waals surface area contributed by atoms with Gasteiger partial charge in [0, 0.05) is 23.8 Å². The highest BCUT2D eigenvalue weighted by Crippen LogP contribution is 2.22. The van der Waals surface area contributed by atoms with E-state index >= 15 is 0 Å². The average molecular weight is 350 g/mol. The Labute approximate surface area is 148 Å². The van der Waals surface area contributed by atoms with E-state index < -0.39 is 0 Å². The standard InChI is InChI=1S/C18H27N3O2S/c1-5-24-15-12-13(9-10-19-15)17(23)21-11-7-6-8-14(21)16(22)20-18(2,3)4/h9-10,12,14H,5-8,11H2,1-4H3,(H,20,22)/t14-/m0/s1. The third-order valence-corrected chi connectivity index (χ3v) is 4.65. The van der Waals surface area contributed by atoms with Gasteiger partial charge in [-0.1, -0.05) is 6.92 Å². The number of thioether (sulfide) groups is 1. The van der Waals surface area contributed by atoms with Crippen molar-refractivity contribution in [2.45, 2.75) is 63.6 Å². The van der Waals surface area contributed by atoms with Gasteiger partial charge in [-0.15, -0.1) is 11.8 Å². The molecule has 2 amide bonds. The van der Waals surface area contributed by atoms with Crippen molar-refractivity contribution in [1.29, 1.82) is 0 Å². The first-order valence-corrected chi connectivity index (χ1v) is 9.52. The Kier molecular flexibility index (Phi) is 6.27. The lowest BCUT2D eigenvalue weighted by atomic mass is 9.98. The van der Waals surface area contributed by atoms with Crippen LogP contribution in [0.2, 0.25) is 0 Å². The molecule has 1 atom stereocenters. The van der Waals surface area contributed by atoms with Crippen LogP contribution < -0.4 is 5.32 Å². The van der Waals surface area contributed by atoms with Crippen molar-refractivity contribution >= 4 is 23.6 Å². The van der Waals surface area contributed by atoms with E-state index in [4.69, 9.17) is 0 Å². The minimum atomic E-state index is -0.388. The van der Waals surface area contributed by atoms with Crippen LogP contribution in [0.3, 0.4) is 0 Å². The van der Waals surface area contributed by atoms with Crippen molar-refractivity contribution in [2.75, 3.05) is 12.3 Å². The van der Waals surface area contributed by atoms with E-state index in [1.807, 2.05) is 26.8 Å². The Morgan fingerprint density at radius 2 is 2.12 bits per heavy atom. The van der Waals surface area contributed by atoms with Crippen LogP contribution >= 0.6 is 11.8 Å². The van der Waals surface area contributed by atoms with Crippen LogP contribution in [0.5, 0.6) is 0 Å². The van der Waals surface area contributed by atoms with Crippen molar-refractivity contribution in [1.82, 2.24) is 15.2 Å². The number of pyridine rings is 1. The molecular weight excluding hydrogens is 322 g/mol. The van der Waals surface area contributed by atoms with Gasteiger partial charge in [0.1, 0.15) is 6.04 Å². The van der Waals surface area contributed by atoms with E-state index in [9.17, 15) is 9.59 Å². The van der Waals surface area contributed by atoms with Gasteiger partial charge in [-0.3, -0.25) is 9.59 Å². The second-order valence-corrected chi connectivity index (χ2v) is 8.35. The maximum atomic E-state index is 12.9. The van der Waals surface area contributed by atoms with Gasteiger partial charge in [0.15, 0.2) is 0 Å². The zero-order valence-electron chi connectivity index (χ0n) is 15.0. The Morgan fingerprint density at radius 1 is 1.38 bits per heavy atom. The van der Waals surface area contributed by atoms with Crippen molar-refractivity contribution in [3.8, 4) is 0 Å². The van der Waals surface area contributed by atoms with Gasteiger partial charge in [0.05, 0.1) is 5.03 Å². The second kappa shape index (κ2) is 8.01. The van der Waals surface area contributed by atoms with Crippen LogP contribution in [-0.2, 0) is 4.79 Å². The van der Waals surface area contributed by atoms with E-state index in [0.29, 0.717) is 12.1 Å². The summed E-state index contributed by atoms with van der Waals surface area (Å²) in [7, 11) is 0. The van der Waals surface area contributed by atoms with Crippen LogP contribution in [0.25, 0.3) is 0 Å². The molecule has 2 heterocycles. The van der Waals surface area contributed by atoms with E-state index in [0.717, 1.165) is 30.0 Å². The smallest absolute Gasteiger partial charge is 0.254 e. The third kappa shape index (κ3) is 4.97. The normalized spacial score (nSPS) is 18.3. The summed E-state index contributed by atoms with van der Waals surface area (Å²) >= 11 is 1.61. The predicted molar refractivity (Wildman–Crippen MR) is 97.2 cm³/mol. The summed E-state index contributed by atoms with van der Waals surface area (Å²) < 4.78 is 0. The minimum Gasteiger partial charge on any atom is -0.350 e. The SMILES string of the molecule is CCSc1cc(C(=O)N2CCCC[C@H]2C(=O)NC(C)(C)C)ccn1. The number of likely N-dealkylation sites (tertiary alicyclic amines) is 1. The number of piperidine rings is 1. The Morgan fingerprint density at radius 3 is 2.79 bits per heavy atom. The Hall–Kier alpha value is -1.56. The minimum absolute atomic E-state index is 0.0623. The Bertz CT molecular complexity index is 598. The molecule has 2 rings (SSSR count). The highest BCUT2D eigenvalue weighted by molar-refractivity contribution is 7.99. The van der Waals surface area contributed by atoms with Crippen LogP contribution in [0.15, 0.2) is 23.4 Å². The zero-order valence-corrected chi connectivity index (χ0v) is 15.8. The molecule has 1 aromatic heterocycles. The lowest BCUT2D eigenvalue weighted by Crippen LogP contribution is -2.55. The number of carbonyl (C=O) groups excluding carboxylic acids is 2. The van der Waals surface area contributed by atoms with Crippen molar-refractivity contribution in [3.05, 3.63) is 23.9 Å². The molecule has 0 unspecified atom stereocenters. The van der Waals surface area contributed by atoms with Crippen molar-refractivity contribution in [2.24, 2.45) is 0 Å². The number of hydrogen-bond donors (Lipinski definition) is 1. The molecule has 0 aromatic carbocycles. The fourth-order valence-corrected chi connectivity index (χ4v) is 3.48. The highest BCUT2D eigenvalue weighted by atomic mass is 32.2. The monoisotopic (exact) mass is 349 g/mol. The summed E-state index contributed by atoms with van der Waals surface area (Å²) in [5.74, 6) is 0.766. The zero-order chi connectivity index (χ0) is 17.7. The molecule has 0 saturated carbocycles. The number of amides is 2. The first kappa shape index (κ1) is 18.8. The van der Waals surface area contributed by atoms with E-state index in [2.05, 4.69) is 17.2 Å². The molecule has 0 spiro atoms. The first-order chi connectivity index (χ1) is 11.3. The van der Waals surface area contributed by atoms with Crippen LogP contribution in [0.1, 0.15) is 57.3 Å². The van der Waals surface area contributed by atoms with Gasteiger partial charge in [0.25, 0.3) is 5.91 Å². The summed E-state index contributed by atoms with van der Waals surface area (Å²) in [6.45, 7) is 8.54. The topological polar surface area (TPSA) is 62.3 Å². The van der Waals surface area contributed by atoms with Crippen molar-refractivity contribution in [3.63, 3.8) is 0 Å². The molecule has 0 bridgehead atoms. The summed E-state index contributed by atoms with van der Waals surface area (Å²) in [5.41, 5.74) is 0.307. The molecule has 1 aliphatic rings. The first-order valence-electron chi connectivity index (χ1n) is 8.53. The van der Waals surface area contributed by atoms with Crippen LogP contribution in [0.4, 0.5) is 0 Å². The molecule has 1 N–H and O–H groups in total. The second-order valence-electron chi connectivity index (χ2n) is 7.07. The van der Waals surface area contributed by atoms with Crippen molar-refractivity contribution < 1.29 is 9.59 Å². The molecule has 132 valence electrons. The fraction of sp³-hybridized carbons (Fsp3) is 0.611. The van der Waals surface area contributed by atoms with E-state index in [1.165, 1.54) is 0 Å². The lowest BCUT2D eigenvalue weighted by molar-refractivity contribution is -0.128. The number of rotatable bonds is 4. The molecule has 0 radical (unpaired) electrons. The van der Waals surface area contributed by atoms with E-state index in [-0.39, 0.29) is 23.4 Å². The molecule has 5 nitrogen and oxygen atoms in total. The van der Waals surface area contributed by atoms with Gasteiger partial charge in [-0.2, -0.15) is 0 Å².